The summed E-state index contributed by atoms with van der Waals surface area (Å²) in [6.07, 6.45) is -0.872. The zero-order chi connectivity index (χ0) is 22.8. The molecule has 2 saturated heterocycles. The molecule has 0 spiro atoms. The average molecular weight is 463 g/mol. The Morgan fingerprint density at radius 2 is 1.67 bits per heavy atom. The Kier molecular flexibility index (Phi) is 6.34. The van der Waals surface area contributed by atoms with Crippen molar-refractivity contribution in [1.82, 2.24) is 14.8 Å². The van der Waals surface area contributed by atoms with Crippen molar-refractivity contribution in [2.75, 3.05) is 57.3 Å². The second-order valence-electron chi connectivity index (χ2n) is 8.95. The molecule has 3 aliphatic rings. The lowest BCUT2D eigenvalue weighted by Gasteiger charge is -2.43. The van der Waals surface area contributed by atoms with E-state index in [1.54, 1.807) is 0 Å². The van der Waals surface area contributed by atoms with Crippen molar-refractivity contribution in [3.8, 4) is 11.5 Å². The SMILES string of the molecule is FC(F)(F)c1ccnc(N2CCN(C3CCN(C[C@@H]4COc5ccccc5O4)CC3)CC2)c1. The number of para-hydroxylation sites is 2. The van der Waals surface area contributed by atoms with Crippen LogP contribution in [0.3, 0.4) is 0 Å². The number of rotatable bonds is 4. The Morgan fingerprint density at radius 3 is 2.39 bits per heavy atom. The molecule has 1 atom stereocenters. The number of likely N-dealkylation sites (tertiary alicyclic amines) is 1. The maximum atomic E-state index is 13.0. The highest BCUT2D eigenvalue weighted by Gasteiger charge is 2.33. The number of piperazine rings is 1. The molecule has 1 aromatic carbocycles. The third kappa shape index (κ3) is 5.19. The molecule has 0 aliphatic carbocycles. The van der Waals surface area contributed by atoms with Crippen molar-refractivity contribution >= 4 is 5.82 Å². The minimum absolute atomic E-state index is 0.0416. The van der Waals surface area contributed by atoms with E-state index in [9.17, 15) is 13.2 Å². The summed E-state index contributed by atoms with van der Waals surface area (Å²) in [5.74, 6) is 2.04. The molecule has 0 amide bonds. The molecule has 4 heterocycles. The Balaban J connectivity index is 1.08. The van der Waals surface area contributed by atoms with Gasteiger partial charge in [0.25, 0.3) is 0 Å². The number of hydrogen-bond donors (Lipinski definition) is 0. The molecule has 5 rings (SSSR count). The maximum absolute atomic E-state index is 13.0. The minimum atomic E-state index is -4.34. The van der Waals surface area contributed by atoms with E-state index in [2.05, 4.69) is 14.8 Å². The standard InChI is InChI=1S/C24H29F3N4O2/c25-24(26,27)18-5-8-28-23(15-18)31-13-11-30(12-14-31)19-6-9-29(10-7-19)16-20-17-32-21-3-1-2-4-22(21)33-20/h1-5,8,15,19-20H,6-7,9-14,16-17H2/t20-/m1/s1. The van der Waals surface area contributed by atoms with Crippen LogP contribution in [0.4, 0.5) is 19.0 Å². The van der Waals surface area contributed by atoms with Gasteiger partial charge in [0.1, 0.15) is 18.5 Å². The molecule has 1 aromatic heterocycles. The summed E-state index contributed by atoms with van der Waals surface area (Å²) >= 11 is 0. The van der Waals surface area contributed by atoms with Crippen LogP contribution in [-0.4, -0.2) is 79.3 Å². The topological polar surface area (TPSA) is 41.1 Å². The normalized spacial score (nSPS) is 23.0. The van der Waals surface area contributed by atoms with Gasteiger partial charge in [-0.25, -0.2) is 4.98 Å². The number of anilines is 1. The van der Waals surface area contributed by atoms with E-state index in [-0.39, 0.29) is 6.10 Å². The third-order valence-corrected chi connectivity index (χ3v) is 6.81. The fraction of sp³-hybridized carbons (Fsp3) is 0.542. The Labute approximate surface area is 191 Å². The quantitative estimate of drug-likeness (QED) is 0.693. The zero-order valence-corrected chi connectivity index (χ0v) is 18.5. The summed E-state index contributed by atoms with van der Waals surface area (Å²) in [5.41, 5.74) is -0.641. The van der Waals surface area contributed by atoms with Crippen LogP contribution in [0.25, 0.3) is 0 Å². The number of piperidine rings is 1. The lowest BCUT2D eigenvalue weighted by molar-refractivity contribution is -0.137. The molecule has 178 valence electrons. The van der Waals surface area contributed by atoms with Gasteiger partial charge in [0.05, 0.1) is 5.56 Å². The van der Waals surface area contributed by atoms with Crippen molar-refractivity contribution in [2.45, 2.75) is 31.2 Å². The van der Waals surface area contributed by atoms with Crippen LogP contribution < -0.4 is 14.4 Å². The number of hydrogen-bond acceptors (Lipinski definition) is 6. The molecule has 0 bridgehead atoms. The second kappa shape index (κ2) is 9.38. The molecule has 2 aromatic rings. The number of aromatic nitrogens is 1. The van der Waals surface area contributed by atoms with E-state index >= 15 is 0 Å². The number of benzene rings is 1. The molecule has 0 saturated carbocycles. The molecule has 0 unspecified atom stereocenters. The van der Waals surface area contributed by atoms with Crippen molar-refractivity contribution in [1.29, 1.82) is 0 Å². The first kappa shape index (κ1) is 22.3. The lowest BCUT2D eigenvalue weighted by Crippen LogP contribution is -2.54. The van der Waals surface area contributed by atoms with Crippen LogP contribution in [0.15, 0.2) is 42.6 Å². The van der Waals surface area contributed by atoms with Crippen molar-refractivity contribution < 1.29 is 22.6 Å². The fourth-order valence-electron chi connectivity index (χ4n) is 4.99. The fourth-order valence-corrected chi connectivity index (χ4v) is 4.99. The van der Waals surface area contributed by atoms with E-state index < -0.39 is 11.7 Å². The molecule has 6 nitrogen and oxygen atoms in total. The molecular formula is C24H29F3N4O2. The van der Waals surface area contributed by atoms with Crippen LogP contribution in [0.1, 0.15) is 18.4 Å². The summed E-state index contributed by atoms with van der Waals surface area (Å²) < 4.78 is 51.0. The first-order valence-corrected chi connectivity index (χ1v) is 11.6. The van der Waals surface area contributed by atoms with Gasteiger partial charge in [0, 0.05) is 45.0 Å². The molecule has 0 radical (unpaired) electrons. The van der Waals surface area contributed by atoms with E-state index in [0.29, 0.717) is 31.6 Å². The van der Waals surface area contributed by atoms with Gasteiger partial charge in [0.2, 0.25) is 0 Å². The van der Waals surface area contributed by atoms with Crippen molar-refractivity contribution in [3.63, 3.8) is 0 Å². The number of nitrogens with zero attached hydrogens (tertiary/aromatic N) is 4. The van der Waals surface area contributed by atoms with E-state index in [0.717, 1.165) is 69.2 Å². The largest absolute Gasteiger partial charge is 0.486 e. The maximum Gasteiger partial charge on any atom is 0.416 e. The Bertz CT molecular complexity index is 941. The van der Waals surface area contributed by atoms with Crippen LogP contribution in [0.2, 0.25) is 0 Å². The second-order valence-corrected chi connectivity index (χ2v) is 8.95. The highest BCUT2D eigenvalue weighted by molar-refractivity contribution is 5.42. The summed E-state index contributed by atoms with van der Waals surface area (Å²) in [6.45, 7) is 6.54. The summed E-state index contributed by atoms with van der Waals surface area (Å²) in [4.78, 5) is 11.1. The van der Waals surface area contributed by atoms with Crippen LogP contribution in [0.5, 0.6) is 11.5 Å². The highest BCUT2D eigenvalue weighted by atomic mass is 19.4. The van der Waals surface area contributed by atoms with Crippen LogP contribution >= 0.6 is 0 Å². The van der Waals surface area contributed by atoms with Gasteiger partial charge in [-0.3, -0.25) is 9.80 Å². The molecule has 33 heavy (non-hydrogen) atoms. The molecule has 2 fully saturated rings. The predicted molar refractivity (Wildman–Crippen MR) is 119 cm³/mol. The van der Waals surface area contributed by atoms with E-state index in [1.807, 2.05) is 29.2 Å². The minimum Gasteiger partial charge on any atom is -0.486 e. The smallest absolute Gasteiger partial charge is 0.416 e. The predicted octanol–water partition coefficient (Wildman–Crippen LogP) is 3.53. The van der Waals surface area contributed by atoms with Gasteiger partial charge in [-0.1, -0.05) is 12.1 Å². The number of ether oxygens (including phenoxy) is 2. The van der Waals surface area contributed by atoms with Gasteiger partial charge in [-0.15, -0.1) is 0 Å². The third-order valence-electron chi connectivity index (χ3n) is 6.81. The van der Waals surface area contributed by atoms with Gasteiger partial charge in [-0.05, 0) is 50.2 Å². The first-order chi connectivity index (χ1) is 16.0. The highest BCUT2D eigenvalue weighted by Crippen LogP contribution is 2.32. The summed E-state index contributed by atoms with van der Waals surface area (Å²) in [6, 6.07) is 10.5. The molecular weight excluding hydrogens is 433 g/mol. The monoisotopic (exact) mass is 462 g/mol. The van der Waals surface area contributed by atoms with E-state index in [1.165, 1.54) is 6.20 Å². The van der Waals surface area contributed by atoms with Gasteiger partial charge in [-0.2, -0.15) is 13.2 Å². The lowest BCUT2D eigenvalue weighted by atomic mass is 10.0. The van der Waals surface area contributed by atoms with Gasteiger partial charge >= 0.3 is 6.18 Å². The van der Waals surface area contributed by atoms with Gasteiger partial charge in [0.15, 0.2) is 11.5 Å². The first-order valence-electron chi connectivity index (χ1n) is 11.6. The Morgan fingerprint density at radius 1 is 0.939 bits per heavy atom. The van der Waals surface area contributed by atoms with Gasteiger partial charge < -0.3 is 14.4 Å². The Hall–Kier alpha value is -2.52. The number of fused-ring (bicyclic) bond motifs is 1. The summed E-state index contributed by atoms with van der Waals surface area (Å²) in [5, 5.41) is 0. The van der Waals surface area contributed by atoms with Crippen LogP contribution in [-0.2, 0) is 6.18 Å². The summed E-state index contributed by atoms with van der Waals surface area (Å²) in [7, 11) is 0. The number of pyridine rings is 1. The molecule has 3 aliphatic heterocycles. The van der Waals surface area contributed by atoms with E-state index in [4.69, 9.17) is 9.47 Å². The molecule has 9 heteroatoms. The van der Waals surface area contributed by atoms with Crippen LogP contribution in [0, 0.1) is 0 Å². The zero-order valence-electron chi connectivity index (χ0n) is 18.5. The number of alkyl halides is 3. The average Bonchev–Trinajstić information content (AvgIpc) is 2.84. The van der Waals surface area contributed by atoms with Crippen molar-refractivity contribution in [3.05, 3.63) is 48.2 Å². The molecule has 0 N–H and O–H groups in total. The van der Waals surface area contributed by atoms with Crippen molar-refractivity contribution in [2.24, 2.45) is 0 Å². The number of halogens is 3.